The summed E-state index contributed by atoms with van der Waals surface area (Å²) >= 11 is 1.22. The fraction of sp³-hybridized carbons (Fsp3) is 0.706. The second-order valence-corrected chi connectivity index (χ2v) is 9.38. The van der Waals surface area contributed by atoms with Gasteiger partial charge in [0.05, 0.1) is 0 Å². The average Bonchev–Trinajstić information content (AvgIpc) is 3.19. The number of guanidine groups is 1. The molecule has 1 fully saturated rings. The molecule has 1 saturated heterocycles. The highest BCUT2D eigenvalue weighted by molar-refractivity contribution is 14.0. The zero-order chi connectivity index (χ0) is 18.8. The van der Waals surface area contributed by atoms with Crippen LogP contribution in [0, 0.1) is 0 Å². The van der Waals surface area contributed by atoms with E-state index in [0.717, 1.165) is 31.9 Å². The van der Waals surface area contributed by atoms with Crippen LogP contribution in [0.25, 0.3) is 0 Å². The lowest BCUT2D eigenvalue weighted by Crippen LogP contribution is -2.49. The number of aliphatic imine (C=N–C) groups is 1. The molecule has 0 unspecified atom stereocenters. The molecule has 0 saturated carbocycles. The van der Waals surface area contributed by atoms with Gasteiger partial charge in [-0.05, 0) is 37.3 Å². The highest BCUT2D eigenvalue weighted by Gasteiger charge is 2.19. The van der Waals surface area contributed by atoms with Gasteiger partial charge in [-0.15, -0.1) is 35.3 Å². The third-order valence-corrected chi connectivity index (χ3v) is 7.31. The van der Waals surface area contributed by atoms with Crippen LogP contribution in [0.3, 0.4) is 0 Å². The molecule has 3 N–H and O–H groups in total. The zero-order valence-electron chi connectivity index (χ0n) is 16.1. The smallest absolute Gasteiger partial charge is 0.250 e. The molecule has 7 nitrogen and oxygen atoms in total. The Morgan fingerprint density at radius 2 is 2.07 bits per heavy atom. The van der Waals surface area contributed by atoms with Gasteiger partial charge < -0.3 is 15.5 Å². The normalized spacial score (nSPS) is 16.7. The van der Waals surface area contributed by atoms with Gasteiger partial charge >= 0.3 is 0 Å². The second-order valence-electron chi connectivity index (χ2n) is 6.44. The lowest BCUT2D eigenvalue weighted by atomic mass is 10.0. The Bertz CT molecular complexity index is 644. The molecule has 0 aliphatic carbocycles. The number of unbranched alkanes of at least 4 members (excludes halogenated alkanes) is 1. The second kappa shape index (κ2) is 12.9. The van der Waals surface area contributed by atoms with Gasteiger partial charge in [0.1, 0.15) is 4.21 Å². The zero-order valence-corrected chi connectivity index (χ0v) is 20.1. The molecule has 2 heterocycles. The van der Waals surface area contributed by atoms with E-state index in [1.807, 2.05) is 0 Å². The number of thiophene rings is 1. The summed E-state index contributed by atoms with van der Waals surface area (Å²) in [6.45, 7) is 6.46. The molecule has 0 amide bonds. The quantitative estimate of drug-likeness (QED) is 0.198. The molecule has 10 heteroatoms. The van der Waals surface area contributed by atoms with Crippen LogP contribution in [0.1, 0.15) is 32.6 Å². The molecule has 1 aromatic rings. The summed E-state index contributed by atoms with van der Waals surface area (Å²) in [5, 5.41) is 8.38. The summed E-state index contributed by atoms with van der Waals surface area (Å²) in [5.74, 6) is 0.729. The van der Waals surface area contributed by atoms with Crippen molar-refractivity contribution in [1.82, 2.24) is 20.3 Å². The first-order valence-corrected chi connectivity index (χ1v) is 11.6. The Kier molecular flexibility index (Phi) is 11.8. The summed E-state index contributed by atoms with van der Waals surface area (Å²) in [7, 11) is -1.66. The van der Waals surface area contributed by atoms with E-state index in [0.29, 0.717) is 23.3 Å². The standard InChI is InChI=1S/C17H31N5O2S2.HI/c1-3-4-11-22-12-7-15(8-13-22)21-17(18-2)19-9-10-20-26(23,24)16-6-5-14-25-16;/h5-6,14-15,20H,3-4,7-13H2,1-2H3,(H2,18,19,21);1H. The number of piperidine rings is 1. The fourth-order valence-electron chi connectivity index (χ4n) is 2.92. The molecule has 0 spiro atoms. The first kappa shape index (κ1) is 24.6. The van der Waals surface area contributed by atoms with Crippen molar-refractivity contribution < 1.29 is 8.42 Å². The lowest BCUT2D eigenvalue weighted by molar-refractivity contribution is 0.203. The molecule has 0 bridgehead atoms. The Hall–Kier alpha value is -0.430. The van der Waals surface area contributed by atoms with Gasteiger partial charge in [-0.1, -0.05) is 19.4 Å². The maximum atomic E-state index is 12.1. The summed E-state index contributed by atoms with van der Waals surface area (Å²) in [4.78, 5) is 6.77. The molecule has 1 aliphatic heterocycles. The van der Waals surface area contributed by atoms with E-state index >= 15 is 0 Å². The Balaban J connectivity index is 0.00000364. The molecule has 27 heavy (non-hydrogen) atoms. The Labute approximate surface area is 184 Å². The van der Waals surface area contributed by atoms with Crippen LogP contribution in [-0.4, -0.2) is 65.1 Å². The van der Waals surface area contributed by atoms with Crippen LogP contribution in [0.4, 0.5) is 0 Å². The largest absolute Gasteiger partial charge is 0.355 e. The monoisotopic (exact) mass is 529 g/mol. The molecule has 156 valence electrons. The van der Waals surface area contributed by atoms with E-state index in [1.54, 1.807) is 24.6 Å². The first-order valence-electron chi connectivity index (χ1n) is 9.28. The van der Waals surface area contributed by atoms with Gasteiger partial charge in [-0.3, -0.25) is 4.99 Å². The number of likely N-dealkylation sites (tertiary alicyclic amines) is 1. The van der Waals surface area contributed by atoms with Crippen molar-refractivity contribution >= 4 is 51.3 Å². The number of rotatable bonds is 9. The number of hydrogen-bond acceptors (Lipinski definition) is 5. The predicted molar refractivity (Wildman–Crippen MR) is 124 cm³/mol. The van der Waals surface area contributed by atoms with Crippen LogP contribution in [-0.2, 0) is 10.0 Å². The topological polar surface area (TPSA) is 85.8 Å². The van der Waals surface area contributed by atoms with E-state index in [-0.39, 0.29) is 24.0 Å². The van der Waals surface area contributed by atoms with Gasteiger partial charge in [0, 0.05) is 39.3 Å². The van der Waals surface area contributed by atoms with Crippen molar-refractivity contribution in [2.75, 3.05) is 39.8 Å². The third kappa shape index (κ3) is 8.63. The minimum Gasteiger partial charge on any atom is -0.355 e. The van der Waals surface area contributed by atoms with Crippen molar-refractivity contribution in [2.24, 2.45) is 4.99 Å². The van der Waals surface area contributed by atoms with Crippen LogP contribution in [0.2, 0.25) is 0 Å². The van der Waals surface area contributed by atoms with E-state index in [9.17, 15) is 8.42 Å². The average molecular weight is 530 g/mol. The summed E-state index contributed by atoms with van der Waals surface area (Å²) in [5.41, 5.74) is 0. The number of hydrogen-bond donors (Lipinski definition) is 3. The molecule has 0 atom stereocenters. The molecule has 0 radical (unpaired) electrons. The van der Waals surface area contributed by atoms with Crippen molar-refractivity contribution in [1.29, 1.82) is 0 Å². The van der Waals surface area contributed by atoms with E-state index in [1.165, 1.54) is 30.7 Å². The number of nitrogens with zero attached hydrogens (tertiary/aromatic N) is 2. The van der Waals surface area contributed by atoms with Crippen molar-refractivity contribution in [3.05, 3.63) is 17.5 Å². The van der Waals surface area contributed by atoms with Crippen LogP contribution >= 0.6 is 35.3 Å². The highest BCUT2D eigenvalue weighted by Crippen LogP contribution is 2.14. The van der Waals surface area contributed by atoms with E-state index < -0.39 is 10.0 Å². The fourth-order valence-corrected chi connectivity index (χ4v) is 4.99. The minimum absolute atomic E-state index is 0. The third-order valence-electron chi connectivity index (χ3n) is 4.45. The minimum atomic E-state index is -3.40. The van der Waals surface area contributed by atoms with Crippen LogP contribution in [0.5, 0.6) is 0 Å². The summed E-state index contributed by atoms with van der Waals surface area (Å²) < 4.78 is 27.0. The molecule has 1 aromatic heterocycles. The van der Waals surface area contributed by atoms with Gasteiger partial charge in [0.2, 0.25) is 10.0 Å². The van der Waals surface area contributed by atoms with Gasteiger partial charge in [0.25, 0.3) is 0 Å². The first-order chi connectivity index (χ1) is 12.5. The number of sulfonamides is 1. The van der Waals surface area contributed by atoms with Crippen molar-refractivity contribution in [3.8, 4) is 0 Å². The van der Waals surface area contributed by atoms with Gasteiger partial charge in [-0.2, -0.15) is 0 Å². The predicted octanol–water partition coefficient (Wildman–Crippen LogP) is 2.07. The molecule has 2 rings (SSSR count). The molecular formula is C17H32IN5O2S2. The highest BCUT2D eigenvalue weighted by atomic mass is 127. The lowest BCUT2D eigenvalue weighted by Gasteiger charge is -2.33. The van der Waals surface area contributed by atoms with Crippen LogP contribution < -0.4 is 15.4 Å². The van der Waals surface area contributed by atoms with Gasteiger partial charge in [0.15, 0.2) is 5.96 Å². The van der Waals surface area contributed by atoms with Crippen molar-refractivity contribution in [3.63, 3.8) is 0 Å². The summed E-state index contributed by atoms with van der Waals surface area (Å²) in [6, 6.07) is 3.76. The number of nitrogens with one attached hydrogen (secondary N) is 3. The molecule has 0 aromatic carbocycles. The maximum Gasteiger partial charge on any atom is 0.250 e. The molecular weight excluding hydrogens is 497 g/mol. The van der Waals surface area contributed by atoms with E-state index in [2.05, 4.69) is 32.2 Å². The Morgan fingerprint density at radius 1 is 1.33 bits per heavy atom. The summed E-state index contributed by atoms with van der Waals surface area (Å²) in [6.07, 6.45) is 4.72. The Morgan fingerprint density at radius 3 is 2.67 bits per heavy atom. The van der Waals surface area contributed by atoms with E-state index in [4.69, 9.17) is 0 Å². The van der Waals surface area contributed by atoms with Crippen molar-refractivity contribution in [2.45, 2.75) is 42.9 Å². The maximum absolute atomic E-state index is 12.1. The SMILES string of the molecule is CCCCN1CCC(NC(=NC)NCCNS(=O)(=O)c2cccs2)CC1.I. The number of halogens is 1. The van der Waals surface area contributed by atoms with Crippen LogP contribution in [0.15, 0.2) is 26.7 Å². The van der Waals surface area contributed by atoms with Gasteiger partial charge in [-0.25, -0.2) is 13.1 Å². The molecule has 1 aliphatic rings.